The molecule has 0 aromatic rings. The van der Waals surface area contributed by atoms with Crippen LogP contribution in [0.25, 0.3) is 0 Å². The van der Waals surface area contributed by atoms with Gasteiger partial charge < -0.3 is 10.6 Å². The van der Waals surface area contributed by atoms with E-state index in [0.717, 1.165) is 63.3 Å². The third-order valence-electron chi connectivity index (χ3n) is 6.62. The fraction of sp³-hybridized carbons (Fsp3) is 0.941. The van der Waals surface area contributed by atoms with Gasteiger partial charge in [-0.15, -0.1) is 24.8 Å². The second kappa shape index (κ2) is 7.90. The molecule has 0 aromatic heterocycles. The Morgan fingerprint density at radius 1 is 0.870 bits per heavy atom. The maximum atomic E-state index is 12.6. The van der Waals surface area contributed by atoms with E-state index in [-0.39, 0.29) is 36.8 Å². The zero-order chi connectivity index (χ0) is 14.4. The number of amides is 1. The molecule has 6 heteroatoms. The summed E-state index contributed by atoms with van der Waals surface area (Å²) in [6.45, 7) is 4.08. The lowest BCUT2D eigenvalue weighted by Crippen LogP contribution is -2.54. The molecule has 4 nitrogen and oxygen atoms in total. The van der Waals surface area contributed by atoms with Crippen LogP contribution in [0.4, 0.5) is 0 Å². The van der Waals surface area contributed by atoms with Crippen molar-refractivity contribution in [2.75, 3.05) is 26.2 Å². The second-order valence-corrected chi connectivity index (χ2v) is 7.87. The number of carbonyl (C=O) groups excluding carboxylic acids is 1. The van der Waals surface area contributed by atoms with Gasteiger partial charge in [0.15, 0.2) is 0 Å². The third kappa shape index (κ3) is 3.81. The van der Waals surface area contributed by atoms with Gasteiger partial charge in [0.2, 0.25) is 5.91 Å². The number of nitrogens with zero attached hydrogens (tertiary/aromatic N) is 2. The molecule has 4 fully saturated rings. The van der Waals surface area contributed by atoms with Crippen molar-refractivity contribution in [1.82, 2.24) is 9.80 Å². The standard InChI is InChI=1S/C17H29N3O.2ClH/c18-15-4-3-14(11-15)17(21)20-7-5-19(6-8-20)16-10-12-1-2-13(16)9-12;;/h12-16H,1-11,18H2;2*1H. The Hall–Kier alpha value is -0.0300. The first kappa shape index (κ1) is 19.3. The summed E-state index contributed by atoms with van der Waals surface area (Å²) >= 11 is 0. The van der Waals surface area contributed by atoms with E-state index in [1.54, 1.807) is 0 Å². The summed E-state index contributed by atoms with van der Waals surface area (Å²) in [6, 6.07) is 1.09. The van der Waals surface area contributed by atoms with Crippen molar-refractivity contribution in [2.24, 2.45) is 23.5 Å². The van der Waals surface area contributed by atoms with Crippen LogP contribution in [0.15, 0.2) is 0 Å². The molecule has 1 amide bonds. The highest BCUT2D eigenvalue weighted by atomic mass is 35.5. The minimum atomic E-state index is 0. The molecule has 4 aliphatic rings. The van der Waals surface area contributed by atoms with Gasteiger partial charge in [0.05, 0.1) is 0 Å². The van der Waals surface area contributed by atoms with Crippen LogP contribution in [0, 0.1) is 17.8 Å². The van der Waals surface area contributed by atoms with Crippen molar-refractivity contribution >= 4 is 30.7 Å². The Bertz CT molecular complexity index is 415. The molecule has 0 aromatic carbocycles. The number of rotatable bonds is 2. The highest BCUT2D eigenvalue weighted by molar-refractivity contribution is 5.85. The fourth-order valence-corrected chi connectivity index (χ4v) is 5.43. The average molecular weight is 364 g/mol. The average Bonchev–Trinajstić information content (AvgIpc) is 3.23. The van der Waals surface area contributed by atoms with Crippen molar-refractivity contribution in [2.45, 2.75) is 57.0 Å². The first-order valence-corrected chi connectivity index (χ1v) is 8.99. The molecule has 134 valence electrons. The lowest BCUT2D eigenvalue weighted by molar-refractivity contribution is -0.137. The molecule has 4 rings (SSSR count). The van der Waals surface area contributed by atoms with E-state index in [0.29, 0.717) is 5.91 Å². The van der Waals surface area contributed by atoms with Crippen LogP contribution < -0.4 is 5.73 Å². The number of carbonyl (C=O) groups is 1. The predicted molar refractivity (Wildman–Crippen MR) is 97.2 cm³/mol. The van der Waals surface area contributed by atoms with E-state index in [1.165, 1.54) is 25.7 Å². The summed E-state index contributed by atoms with van der Waals surface area (Å²) in [5, 5.41) is 0. The molecule has 1 aliphatic heterocycles. The van der Waals surface area contributed by atoms with Crippen molar-refractivity contribution in [3.05, 3.63) is 0 Å². The van der Waals surface area contributed by atoms with Gasteiger partial charge in [-0.05, 0) is 50.4 Å². The molecule has 0 radical (unpaired) electrons. The van der Waals surface area contributed by atoms with Gasteiger partial charge in [-0.2, -0.15) is 0 Å². The minimum absolute atomic E-state index is 0. The quantitative estimate of drug-likeness (QED) is 0.818. The largest absolute Gasteiger partial charge is 0.340 e. The van der Waals surface area contributed by atoms with Gasteiger partial charge in [0.1, 0.15) is 0 Å². The van der Waals surface area contributed by atoms with E-state index < -0.39 is 0 Å². The topological polar surface area (TPSA) is 49.6 Å². The zero-order valence-electron chi connectivity index (χ0n) is 13.9. The van der Waals surface area contributed by atoms with Crippen molar-refractivity contribution in [3.8, 4) is 0 Å². The highest BCUT2D eigenvalue weighted by Crippen LogP contribution is 2.46. The highest BCUT2D eigenvalue weighted by Gasteiger charge is 2.43. The Morgan fingerprint density at radius 2 is 1.61 bits per heavy atom. The Kier molecular flexibility index (Phi) is 6.63. The van der Waals surface area contributed by atoms with Gasteiger partial charge in [-0.25, -0.2) is 0 Å². The van der Waals surface area contributed by atoms with Gasteiger partial charge in [-0.3, -0.25) is 9.69 Å². The Balaban J connectivity index is 0.000000960. The number of halogens is 2. The van der Waals surface area contributed by atoms with Crippen molar-refractivity contribution < 1.29 is 4.79 Å². The molecule has 5 atom stereocenters. The zero-order valence-corrected chi connectivity index (χ0v) is 15.5. The molecule has 1 heterocycles. The van der Waals surface area contributed by atoms with Crippen LogP contribution in [-0.2, 0) is 4.79 Å². The maximum absolute atomic E-state index is 12.6. The SMILES string of the molecule is Cl.Cl.NC1CCC(C(=O)N2CCN(C3CC4CCC3C4)CC2)C1. The second-order valence-electron chi connectivity index (χ2n) is 7.87. The number of piperazine rings is 1. The van der Waals surface area contributed by atoms with Gasteiger partial charge in [0.25, 0.3) is 0 Å². The van der Waals surface area contributed by atoms with E-state index in [9.17, 15) is 4.79 Å². The summed E-state index contributed by atoms with van der Waals surface area (Å²) < 4.78 is 0. The summed E-state index contributed by atoms with van der Waals surface area (Å²) in [4.78, 5) is 17.4. The first-order chi connectivity index (χ1) is 10.2. The van der Waals surface area contributed by atoms with Gasteiger partial charge in [0, 0.05) is 44.2 Å². The monoisotopic (exact) mass is 363 g/mol. The number of nitrogens with two attached hydrogens (primary N) is 1. The number of hydrogen-bond acceptors (Lipinski definition) is 3. The molecular formula is C17H31Cl2N3O. The van der Waals surface area contributed by atoms with Gasteiger partial charge in [-0.1, -0.05) is 6.42 Å². The van der Waals surface area contributed by atoms with Crippen LogP contribution in [0.3, 0.4) is 0 Å². The van der Waals surface area contributed by atoms with E-state index in [1.807, 2.05) is 0 Å². The summed E-state index contributed by atoms with van der Waals surface area (Å²) in [7, 11) is 0. The molecule has 0 spiro atoms. The summed E-state index contributed by atoms with van der Waals surface area (Å²) in [6.07, 6.45) is 8.77. The lowest BCUT2D eigenvalue weighted by atomic mass is 9.93. The third-order valence-corrected chi connectivity index (χ3v) is 6.62. The predicted octanol–water partition coefficient (Wildman–Crippen LogP) is 2.29. The van der Waals surface area contributed by atoms with Crippen LogP contribution in [0.5, 0.6) is 0 Å². The van der Waals surface area contributed by atoms with Gasteiger partial charge >= 0.3 is 0 Å². The summed E-state index contributed by atoms with van der Waals surface area (Å²) in [5.41, 5.74) is 5.95. The van der Waals surface area contributed by atoms with Crippen LogP contribution >= 0.6 is 24.8 Å². The van der Waals surface area contributed by atoms with E-state index in [2.05, 4.69) is 9.80 Å². The fourth-order valence-electron chi connectivity index (χ4n) is 5.43. The normalized spacial score (nSPS) is 39.9. The first-order valence-electron chi connectivity index (χ1n) is 8.99. The Morgan fingerprint density at radius 3 is 2.13 bits per heavy atom. The molecule has 23 heavy (non-hydrogen) atoms. The molecule has 3 aliphatic carbocycles. The lowest BCUT2D eigenvalue weighted by Gasteiger charge is -2.41. The molecule has 1 saturated heterocycles. The molecule has 2 bridgehead atoms. The molecular weight excluding hydrogens is 333 g/mol. The van der Waals surface area contributed by atoms with Crippen molar-refractivity contribution in [3.63, 3.8) is 0 Å². The van der Waals surface area contributed by atoms with Crippen LogP contribution in [-0.4, -0.2) is 54.0 Å². The minimum Gasteiger partial charge on any atom is -0.340 e. The van der Waals surface area contributed by atoms with Crippen LogP contribution in [0.2, 0.25) is 0 Å². The van der Waals surface area contributed by atoms with Crippen molar-refractivity contribution in [1.29, 1.82) is 0 Å². The Labute approximate surface area is 152 Å². The summed E-state index contributed by atoms with van der Waals surface area (Å²) in [5.74, 6) is 2.58. The van der Waals surface area contributed by atoms with E-state index >= 15 is 0 Å². The maximum Gasteiger partial charge on any atom is 0.225 e. The molecule has 3 saturated carbocycles. The van der Waals surface area contributed by atoms with E-state index in [4.69, 9.17) is 5.73 Å². The van der Waals surface area contributed by atoms with Crippen LogP contribution in [0.1, 0.15) is 44.9 Å². The smallest absolute Gasteiger partial charge is 0.225 e. The molecule has 5 unspecified atom stereocenters. The number of hydrogen-bond donors (Lipinski definition) is 1. The number of fused-ring (bicyclic) bond motifs is 2. The molecule has 2 N–H and O–H groups in total.